The Morgan fingerprint density at radius 2 is 1.60 bits per heavy atom. The van der Waals surface area contributed by atoms with Crippen LogP contribution in [0, 0.1) is 46.4 Å². The number of rotatable bonds is 3. The van der Waals surface area contributed by atoms with Gasteiger partial charge in [0.05, 0.1) is 5.58 Å². The second-order valence-corrected chi connectivity index (χ2v) is 9.33. The maximum Gasteiger partial charge on any atom is 0.216 e. The van der Waals surface area contributed by atoms with Gasteiger partial charge in [0.1, 0.15) is 0 Å². The fourth-order valence-corrected chi connectivity index (χ4v) is 4.46. The first-order valence-electron chi connectivity index (χ1n) is 20.3. The van der Waals surface area contributed by atoms with Gasteiger partial charge in [0.15, 0.2) is 0 Å². The van der Waals surface area contributed by atoms with Crippen molar-refractivity contribution in [3.8, 4) is 33.6 Å². The summed E-state index contributed by atoms with van der Waals surface area (Å²) in [6.07, 6.45) is 2.55. The predicted molar refractivity (Wildman–Crippen MR) is 171 cm³/mol. The second-order valence-electron chi connectivity index (χ2n) is 9.33. The Morgan fingerprint density at radius 1 is 0.698 bits per heavy atom. The zero-order valence-corrected chi connectivity index (χ0v) is 24.7. The number of aryl methyl sites for hydroxylation is 5. The van der Waals surface area contributed by atoms with Crippen LogP contribution in [0.2, 0.25) is 0 Å². The number of nitrogens with zero attached hydrogens (tertiary/aromatic N) is 3. The van der Waals surface area contributed by atoms with E-state index in [2.05, 4.69) is 27.1 Å². The SMILES string of the molecule is [2H]C([2H])([2H])c1ccc(-c2[c-]cccc2)nc1.[2H]C([2H])([2H])c1ccc2c(n1)oc1c(-c3cc(-c4ccc(C([2H])([2H])[2H])c(C([2H])([2H])[2H])c4)c(C([2H])([2H])[2H])cn3)[c-]ccc12.[Ir]. The van der Waals surface area contributed by atoms with Crippen LogP contribution in [-0.4, -0.2) is 15.0 Å². The molecule has 7 rings (SSSR count). The number of aromatic nitrogens is 3. The van der Waals surface area contributed by atoms with E-state index in [0.717, 1.165) is 17.5 Å². The third-order valence-corrected chi connectivity index (χ3v) is 6.54. The van der Waals surface area contributed by atoms with Crippen LogP contribution in [0.5, 0.6) is 0 Å². The van der Waals surface area contributed by atoms with Gasteiger partial charge in [-0.2, -0.15) is 0 Å². The van der Waals surface area contributed by atoms with Crippen molar-refractivity contribution in [3.05, 3.63) is 137 Å². The Morgan fingerprint density at radius 3 is 2.37 bits per heavy atom. The van der Waals surface area contributed by atoms with Crippen LogP contribution in [0.1, 0.15) is 48.5 Å². The third kappa shape index (κ3) is 6.34. The molecule has 0 bridgehead atoms. The summed E-state index contributed by atoms with van der Waals surface area (Å²) >= 11 is 0. The molecule has 4 heterocycles. The minimum Gasteiger partial charge on any atom is -0.486 e. The average molecular weight is 753 g/mol. The maximum absolute atomic E-state index is 8.04. The Balaban J connectivity index is 0.000000315. The third-order valence-electron chi connectivity index (χ3n) is 6.54. The van der Waals surface area contributed by atoms with Crippen LogP contribution in [-0.2, 0) is 20.1 Å². The Bertz CT molecular complexity index is 2560. The van der Waals surface area contributed by atoms with Crippen molar-refractivity contribution in [1.82, 2.24) is 15.0 Å². The van der Waals surface area contributed by atoms with Gasteiger partial charge in [-0.1, -0.05) is 47.3 Å². The summed E-state index contributed by atoms with van der Waals surface area (Å²) in [5, 5.41) is 1.17. The molecule has 43 heavy (non-hydrogen) atoms. The molecule has 0 aliphatic carbocycles. The summed E-state index contributed by atoms with van der Waals surface area (Å²) in [6.45, 7) is -12.6. The van der Waals surface area contributed by atoms with Gasteiger partial charge in [0.25, 0.3) is 0 Å². The first-order chi connectivity index (χ1) is 26.4. The maximum atomic E-state index is 8.04. The van der Waals surface area contributed by atoms with Crippen molar-refractivity contribution >= 4 is 22.1 Å². The molecule has 215 valence electrons. The van der Waals surface area contributed by atoms with E-state index in [-0.39, 0.29) is 65.0 Å². The monoisotopic (exact) mass is 753 g/mol. The molecule has 0 amide bonds. The van der Waals surface area contributed by atoms with Crippen LogP contribution in [0.3, 0.4) is 0 Å². The number of fused-ring (bicyclic) bond motifs is 3. The molecule has 3 aromatic carbocycles. The Hall–Kier alpha value is -4.44. The first-order valence-corrected chi connectivity index (χ1v) is 12.8. The van der Waals surface area contributed by atoms with Crippen LogP contribution in [0.15, 0.2) is 102 Å². The molecule has 1 radical (unpaired) electrons. The van der Waals surface area contributed by atoms with Crippen LogP contribution < -0.4 is 0 Å². The first kappa shape index (κ1) is 16.4. The Labute approximate surface area is 287 Å². The molecule has 0 spiro atoms. The van der Waals surface area contributed by atoms with Crippen molar-refractivity contribution in [1.29, 1.82) is 0 Å². The number of hydrogen-bond donors (Lipinski definition) is 0. The topological polar surface area (TPSA) is 51.8 Å². The van der Waals surface area contributed by atoms with Crippen molar-refractivity contribution in [2.75, 3.05) is 0 Å². The van der Waals surface area contributed by atoms with Crippen molar-refractivity contribution in [3.63, 3.8) is 0 Å². The summed E-state index contributed by atoms with van der Waals surface area (Å²) in [4.78, 5) is 12.6. The van der Waals surface area contributed by atoms with Gasteiger partial charge < -0.3 is 14.4 Å². The van der Waals surface area contributed by atoms with Gasteiger partial charge >= 0.3 is 0 Å². The Kier molecular flexibility index (Phi) is 4.90. The summed E-state index contributed by atoms with van der Waals surface area (Å²) in [7, 11) is 0. The molecule has 4 nitrogen and oxygen atoms in total. The predicted octanol–water partition coefficient (Wildman–Crippen LogP) is 9.60. The largest absolute Gasteiger partial charge is 0.486 e. The van der Waals surface area contributed by atoms with Crippen molar-refractivity contribution in [2.45, 2.75) is 34.3 Å². The van der Waals surface area contributed by atoms with Crippen LogP contribution >= 0.6 is 0 Å². The zero-order chi connectivity index (χ0) is 41.7. The van der Waals surface area contributed by atoms with Gasteiger partial charge in [-0.25, -0.2) is 4.98 Å². The molecule has 0 unspecified atom stereocenters. The normalized spacial score (nSPS) is 17.3. The van der Waals surface area contributed by atoms with E-state index >= 15 is 0 Å². The molecule has 0 N–H and O–H groups in total. The molecule has 0 aliphatic heterocycles. The minimum absolute atomic E-state index is 0. The van der Waals surface area contributed by atoms with E-state index in [1.807, 2.05) is 18.2 Å². The average Bonchev–Trinajstić information content (AvgIpc) is 3.52. The summed E-state index contributed by atoms with van der Waals surface area (Å²) in [6, 6.07) is 28.3. The number of furan rings is 1. The van der Waals surface area contributed by atoms with E-state index in [4.69, 9.17) is 25.0 Å². The van der Waals surface area contributed by atoms with Crippen molar-refractivity contribution in [2.24, 2.45) is 0 Å². The fraction of sp³-hybridized carbons (Fsp3) is 0.132. The van der Waals surface area contributed by atoms with Gasteiger partial charge in [0, 0.05) is 64.1 Å². The summed E-state index contributed by atoms with van der Waals surface area (Å²) in [5.41, 5.74) is 2.05. The molecule has 4 aromatic heterocycles. The molecular weight excluding hydrogens is 707 g/mol. The van der Waals surface area contributed by atoms with E-state index in [1.165, 1.54) is 36.5 Å². The summed E-state index contributed by atoms with van der Waals surface area (Å²) in [5.74, 6) is 0. The van der Waals surface area contributed by atoms with E-state index < -0.39 is 39.8 Å². The van der Waals surface area contributed by atoms with E-state index in [9.17, 15) is 0 Å². The van der Waals surface area contributed by atoms with E-state index in [0.29, 0.717) is 21.9 Å². The minimum atomic E-state index is -2.77. The molecule has 0 atom stereocenters. The number of benzene rings is 3. The zero-order valence-electron chi connectivity index (χ0n) is 37.3. The van der Waals surface area contributed by atoms with Crippen molar-refractivity contribution < 1.29 is 45.1 Å². The quantitative estimate of drug-likeness (QED) is 0.169. The molecule has 0 aliphatic rings. The van der Waals surface area contributed by atoms with Gasteiger partial charge in [-0.15, -0.1) is 54.1 Å². The second kappa shape index (κ2) is 12.8. The smallest absolute Gasteiger partial charge is 0.216 e. The molecule has 0 fully saturated rings. The van der Waals surface area contributed by atoms with E-state index in [1.54, 1.807) is 36.4 Å². The number of hydrogen-bond acceptors (Lipinski definition) is 4. The summed E-state index contributed by atoms with van der Waals surface area (Å²) < 4.78 is 122. The molecule has 0 saturated heterocycles. The molecule has 7 aromatic rings. The standard InChI is InChI=1S/C26H21N2O.C12H10N.Ir/c1-15-8-10-19(12-16(15)2)23-13-24(27-14-17(23)3)22-7-5-6-20-21-11-9-18(4)28-26(21)29-25(20)22;1-10-7-8-12(13-9-10)11-5-3-2-4-6-11;/h5-6,8-14H,1-4H3;2-5,7-9H,1H3;/q2*-1;/i1D3,2D3,3D3,4D3;1D3;. The van der Waals surface area contributed by atoms with Gasteiger partial charge in [0.2, 0.25) is 5.71 Å². The fourth-order valence-electron chi connectivity index (χ4n) is 4.46. The van der Waals surface area contributed by atoms with Crippen LogP contribution in [0.4, 0.5) is 0 Å². The van der Waals surface area contributed by atoms with Gasteiger partial charge in [-0.3, -0.25) is 0 Å². The molecule has 0 saturated carbocycles. The molecule has 5 heteroatoms. The molecular formula is C38H31IrN3O-2. The van der Waals surface area contributed by atoms with Gasteiger partial charge in [-0.05, 0) is 91.2 Å². The van der Waals surface area contributed by atoms with Crippen LogP contribution in [0.25, 0.3) is 55.7 Å². The number of pyridine rings is 3.